The number of aryl methyl sites for hydroxylation is 1. The highest BCUT2D eigenvalue weighted by Gasteiger charge is 2.22. The summed E-state index contributed by atoms with van der Waals surface area (Å²) in [6.07, 6.45) is 0.402. The molecule has 1 rings (SSSR count). The molecule has 5 heteroatoms. The number of hydrogen-bond acceptors (Lipinski definition) is 3. The third kappa shape index (κ3) is 2.59. The van der Waals surface area contributed by atoms with E-state index in [1.807, 2.05) is 0 Å². The van der Waals surface area contributed by atoms with Gasteiger partial charge in [-0.15, -0.1) is 0 Å². The van der Waals surface area contributed by atoms with Crippen molar-refractivity contribution in [2.75, 3.05) is 6.54 Å². The van der Waals surface area contributed by atoms with E-state index in [-0.39, 0.29) is 4.90 Å². The highest BCUT2D eigenvalue weighted by Crippen LogP contribution is 2.20. The first-order chi connectivity index (χ1) is 7.39. The minimum absolute atomic E-state index is 0.160. The number of nitrogens with two attached hydrogens (primary N) is 1. The summed E-state index contributed by atoms with van der Waals surface area (Å²) in [5.41, 5.74) is 5.67. The van der Waals surface area contributed by atoms with E-state index in [9.17, 15) is 12.8 Å². The van der Waals surface area contributed by atoms with Crippen LogP contribution in [0.2, 0.25) is 0 Å². The molecule has 90 valence electrons. The minimum atomic E-state index is -3.39. The van der Waals surface area contributed by atoms with Crippen LogP contribution in [0.3, 0.4) is 0 Å². The van der Waals surface area contributed by atoms with Crippen molar-refractivity contribution >= 4 is 9.84 Å². The molecule has 2 N–H and O–H groups in total. The molecule has 1 atom stereocenters. The lowest BCUT2D eigenvalue weighted by Crippen LogP contribution is -2.21. The normalized spacial score (nSPS) is 13.8. The van der Waals surface area contributed by atoms with Crippen LogP contribution >= 0.6 is 0 Å². The predicted molar refractivity (Wildman–Crippen MR) is 61.5 cm³/mol. The molecule has 1 unspecified atom stereocenters. The zero-order valence-corrected chi connectivity index (χ0v) is 10.2. The van der Waals surface area contributed by atoms with Crippen LogP contribution in [0.1, 0.15) is 18.9 Å². The fraction of sp³-hybridized carbons (Fsp3) is 0.455. The molecule has 0 aromatic heterocycles. The fourth-order valence-corrected chi connectivity index (χ4v) is 2.93. The smallest absolute Gasteiger partial charge is 0.181 e. The van der Waals surface area contributed by atoms with Crippen molar-refractivity contribution in [3.8, 4) is 0 Å². The summed E-state index contributed by atoms with van der Waals surface area (Å²) in [5, 5.41) is -0.539. The zero-order valence-electron chi connectivity index (χ0n) is 9.40. The molecule has 1 aromatic carbocycles. The Labute approximate surface area is 95.4 Å². The van der Waals surface area contributed by atoms with Crippen LogP contribution in [-0.2, 0) is 9.84 Å². The molecule has 0 aliphatic heterocycles. The molecule has 0 saturated heterocycles. The number of benzene rings is 1. The Hall–Kier alpha value is -0.940. The van der Waals surface area contributed by atoms with Gasteiger partial charge in [0.25, 0.3) is 0 Å². The number of rotatable bonds is 4. The maximum Gasteiger partial charge on any atom is 0.181 e. The Kier molecular flexibility index (Phi) is 4.04. The van der Waals surface area contributed by atoms with Crippen LogP contribution in [0.15, 0.2) is 23.1 Å². The Morgan fingerprint density at radius 2 is 2.06 bits per heavy atom. The molecule has 0 saturated carbocycles. The third-order valence-electron chi connectivity index (χ3n) is 2.56. The van der Waals surface area contributed by atoms with Gasteiger partial charge in [-0.3, -0.25) is 0 Å². The first-order valence-corrected chi connectivity index (χ1v) is 6.64. The summed E-state index contributed by atoms with van der Waals surface area (Å²) in [4.78, 5) is 0.160. The predicted octanol–water partition coefficient (Wildman–Crippen LogP) is 1.65. The van der Waals surface area contributed by atoms with Crippen molar-refractivity contribution in [3.63, 3.8) is 0 Å². The van der Waals surface area contributed by atoms with Crippen LogP contribution in [0.25, 0.3) is 0 Å². The molecule has 16 heavy (non-hydrogen) atoms. The van der Waals surface area contributed by atoms with Crippen LogP contribution in [0, 0.1) is 12.7 Å². The summed E-state index contributed by atoms with van der Waals surface area (Å²) in [6, 6.07) is 3.83. The van der Waals surface area contributed by atoms with Gasteiger partial charge in [0.15, 0.2) is 9.84 Å². The summed E-state index contributed by atoms with van der Waals surface area (Å²) < 4.78 is 37.0. The van der Waals surface area contributed by atoms with E-state index in [0.717, 1.165) is 0 Å². The molecular weight excluding hydrogens is 229 g/mol. The van der Waals surface area contributed by atoms with Gasteiger partial charge in [-0.05, 0) is 50.6 Å². The van der Waals surface area contributed by atoms with Gasteiger partial charge in [0.05, 0.1) is 10.1 Å². The monoisotopic (exact) mass is 245 g/mol. The topological polar surface area (TPSA) is 60.2 Å². The highest BCUT2D eigenvalue weighted by molar-refractivity contribution is 7.92. The van der Waals surface area contributed by atoms with Crippen LogP contribution in [-0.4, -0.2) is 20.2 Å². The van der Waals surface area contributed by atoms with Crippen LogP contribution < -0.4 is 5.73 Å². The Morgan fingerprint density at radius 1 is 1.44 bits per heavy atom. The van der Waals surface area contributed by atoms with Crippen molar-refractivity contribution in [3.05, 3.63) is 29.6 Å². The number of hydrogen-bond donors (Lipinski definition) is 1. The second kappa shape index (κ2) is 4.93. The average molecular weight is 245 g/mol. The first kappa shape index (κ1) is 13.1. The third-order valence-corrected chi connectivity index (χ3v) is 4.77. The van der Waals surface area contributed by atoms with Gasteiger partial charge in [-0.25, -0.2) is 12.8 Å². The second-order valence-corrected chi connectivity index (χ2v) is 6.21. The van der Waals surface area contributed by atoms with Gasteiger partial charge in [-0.1, -0.05) is 0 Å². The maximum absolute atomic E-state index is 13.0. The summed E-state index contributed by atoms with van der Waals surface area (Å²) >= 11 is 0. The molecule has 0 heterocycles. The first-order valence-electron chi connectivity index (χ1n) is 5.09. The van der Waals surface area contributed by atoms with Crippen molar-refractivity contribution in [1.82, 2.24) is 0 Å². The van der Waals surface area contributed by atoms with Gasteiger partial charge >= 0.3 is 0 Å². The summed E-state index contributed by atoms with van der Waals surface area (Å²) in [7, 11) is -3.39. The highest BCUT2D eigenvalue weighted by atomic mass is 32.2. The van der Waals surface area contributed by atoms with Gasteiger partial charge in [0.2, 0.25) is 0 Å². The molecule has 3 nitrogen and oxygen atoms in total. The molecule has 0 radical (unpaired) electrons. The van der Waals surface area contributed by atoms with Gasteiger partial charge < -0.3 is 5.73 Å². The van der Waals surface area contributed by atoms with E-state index in [2.05, 4.69) is 0 Å². The standard InChI is InChI=1S/C11H16FNO2S/c1-8-7-10(3-4-11(8)12)16(14,15)9(2)5-6-13/h3-4,7,9H,5-6,13H2,1-2H3. The summed E-state index contributed by atoms with van der Waals surface area (Å²) in [5.74, 6) is -0.398. The van der Waals surface area contributed by atoms with Crippen LogP contribution in [0.4, 0.5) is 4.39 Å². The maximum atomic E-state index is 13.0. The van der Waals surface area contributed by atoms with Crippen molar-refractivity contribution in [2.45, 2.75) is 30.4 Å². The number of sulfone groups is 1. The quantitative estimate of drug-likeness (QED) is 0.820. The van der Waals surface area contributed by atoms with E-state index in [0.29, 0.717) is 18.5 Å². The Morgan fingerprint density at radius 3 is 2.56 bits per heavy atom. The number of halogens is 1. The molecule has 0 spiro atoms. The Bertz CT molecular complexity index is 471. The lowest BCUT2D eigenvalue weighted by Gasteiger charge is -2.12. The molecule has 0 amide bonds. The van der Waals surface area contributed by atoms with E-state index >= 15 is 0 Å². The molecular formula is C11H16FNO2S. The van der Waals surface area contributed by atoms with Crippen molar-refractivity contribution in [2.24, 2.45) is 5.73 Å². The van der Waals surface area contributed by atoms with Crippen LogP contribution in [0.5, 0.6) is 0 Å². The van der Waals surface area contributed by atoms with E-state index in [1.165, 1.54) is 18.2 Å². The lowest BCUT2D eigenvalue weighted by atomic mass is 10.2. The second-order valence-electron chi connectivity index (χ2n) is 3.84. The van der Waals surface area contributed by atoms with E-state index in [1.54, 1.807) is 13.8 Å². The fourth-order valence-electron chi connectivity index (χ4n) is 1.42. The average Bonchev–Trinajstić information content (AvgIpc) is 2.22. The largest absolute Gasteiger partial charge is 0.330 e. The van der Waals surface area contributed by atoms with Gasteiger partial charge in [-0.2, -0.15) is 0 Å². The molecule has 0 fully saturated rings. The molecule has 0 bridgehead atoms. The minimum Gasteiger partial charge on any atom is -0.330 e. The zero-order chi connectivity index (χ0) is 12.3. The van der Waals surface area contributed by atoms with Gasteiger partial charge in [0, 0.05) is 0 Å². The lowest BCUT2D eigenvalue weighted by molar-refractivity contribution is 0.576. The molecule has 1 aromatic rings. The van der Waals surface area contributed by atoms with Gasteiger partial charge in [0.1, 0.15) is 5.82 Å². The Balaban J connectivity index is 3.12. The SMILES string of the molecule is Cc1cc(S(=O)(=O)C(C)CCN)ccc1F. The summed E-state index contributed by atoms with van der Waals surface area (Å²) in [6.45, 7) is 3.48. The van der Waals surface area contributed by atoms with Crippen molar-refractivity contribution < 1.29 is 12.8 Å². The molecule has 0 aliphatic rings. The molecule has 0 aliphatic carbocycles. The van der Waals surface area contributed by atoms with E-state index < -0.39 is 20.9 Å². The van der Waals surface area contributed by atoms with Crippen molar-refractivity contribution in [1.29, 1.82) is 0 Å². The van der Waals surface area contributed by atoms with E-state index in [4.69, 9.17) is 5.73 Å².